The van der Waals surface area contributed by atoms with Crippen molar-refractivity contribution < 1.29 is 14.9 Å². The number of ether oxygens (including phenoxy) is 1. The lowest BCUT2D eigenvalue weighted by atomic mass is 10.2. The van der Waals surface area contributed by atoms with Crippen LogP contribution in [0, 0.1) is 12.3 Å². The fraction of sp³-hybridized carbons (Fsp3) is 0.455. The molecule has 0 radical (unpaired) electrons. The van der Waals surface area contributed by atoms with E-state index in [1.165, 1.54) is 17.0 Å². The molecule has 0 amide bonds. The Morgan fingerprint density at radius 2 is 2.47 bits per heavy atom. The van der Waals surface area contributed by atoms with Crippen molar-refractivity contribution in [1.29, 1.82) is 0 Å². The van der Waals surface area contributed by atoms with Gasteiger partial charge in [0, 0.05) is 18.8 Å². The molecule has 1 aromatic heterocycles. The second-order valence-electron chi connectivity index (χ2n) is 3.79. The third-order valence-corrected chi connectivity index (χ3v) is 2.67. The lowest BCUT2D eigenvalue weighted by Gasteiger charge is -2.14. The van der Waals surface area contributed by atoms with E-state index in [1.807, 2.05) is 0 Å². The minimum absolute atomic E-state index is 0.223. The zero-order chi connectivity index (χ0) is 12.4. The maximum atomic E-state index is 11.5. The van der Waals surface area contributed by atoms with Crippen molar-refractivity contribution in [3.63, 3.8) is 0 Å². The second-order valence-corrected chi connectivity index (χ2v) is 3.79. The summed E-state index contributed by atoms with van der Waals surface area (Å²) in [6.45, 7) is -0.297. The van der Waals surface area contributed by atoms with Crippen LogP contribution in [0.3, 0.4) is 0 Å². The summed E-state index contributed by atoms with van der Waals surface area (Å²) in [7, 11) is 0. The van der Waals surface area contributed by atoms with Gasteiger partial charge in [-0.15, -0.1) is 6.42 Å². The molecular weight excluding hydrogens is 224 g/mol. The Hall–Kier alpha value is -1.68. The molecule has 0 aliphatic carbocycles. The van der Waals surface area contributed by atoms with Crippen molar-refractivity contribution in [3.05, 3.63) is 28.4 Å². The number of terminal acetylenes is 1. The first-order valence-corrected chi connectivity index (χ1v) is 5.15. The van der Waals surface area contributed by atoms with Crippen LogP contribution < -0.4 is 5.69 Å². The molecule has 3 atom stereocenters. The first-order chi connectivity index (χ1) is 8.15. The molecule has 3 unspecified atom stereocenters. The molecule has 0 saturated carbocycles. The third-order valence-electron chi connectivity index (χ3n) is 2.67. The number of hydrogen-bond donors (Lipinski definition) is 2. The molecule has 2 N–H and O–H groups in total. The Balaban J connectivity index is 2.30. The smallest absolute Gasteiger partial charge is 0.349 e. The van der Waals surface area contributed by atoms with Gasteiger partial charge in [-0.25, -0.2) is 9.78 Å². The SMILES string of the molecule is C#Cc1cnc(=O)n(C2CC(O)C(CO)O2)c1. The first-order valence-electron chi connectivity index (χ1n) is 5.15. The predicted octanol–water partition coefficient (Wildman–Crippen LogP) is -1.13. The molecule has 6 nitrogen and oxygen atoms in total. The predicted molar refractivity (Wildman–Crippen MR) is 58.1 cm³/mol. The Morgan fingerprint density at radius 3 is 3.06 bits per heavy atom. The van der Waals surface area contributed by atoms with Gasteiger partial charge in [0.15, 0.2) is 0 Å². The molecule has 1 fully saturated rings. The quantitative estimate of drug-likeness (QED) is 0.634. The van der Waals surface area contributed by atoms with E-state index in [0.29, 0.717) is 5.56 Å². The number of aromatic nitrogens is 2. The maximum absolute atomic E-state index is 11.5. The summed E-state index contributed by atoms with van der Waals surface area (Å²) in [5.74, 6) is 2.36. The van der Waals surface area contributed by atoms with Gasteiger partial charge in [0.2, 0.25) is 0 Å². The van der Waals surface area contributed by atoms with E-state index in [-0.39, 0.29) is 13.0 Å². The summed E-state index contributed by atoms with van der Waals surface area (Å²) in [6.07, 6.45) is 6.06. The van der Waals surface area contributed by atoms with Crippen LogP contribution in [0.5, 0.6) is 0 Å². The van der Waals surface area contributed by atoms with Gasteiger partial charge in [-0.05, 0) is 0 Å². The van der Waals surface area contributed by atoms with Crippen molar-refractivity contribution in [2.45, 2.75) is 24.9 Å². The zero-order valence-electron chi connectivity index (χ0n) is 8.98. The molecule has 17 heavy (non-hydrogen) atoms. The maximum Gasteiger partial charge on any atom is 0.349 e. The van der Waals surface area contributed by atoms with Crippen LogP contribution in [-0.4, -0.2) is 38.6 Å². The topological polar surface area (TPSA) is 84.6 Å². The van der Waals surface area contributed by atoms with Crippen molar-refractivity contribution >= 4 is 0 Å². The Bertz CT molecular complexity index is 505. The number of aliphatic hydroxyl groups is 2. The molecule has 6 heteroatoms. The standard InChI is InChI=1S/C11H12N2O4/c1-2-7-4-12-11(16)13(5-7)10-3-8(15)9(6-14)17-10/h1,4-5,8-10,14-15H,3,6H2. The fourth-order valence-corrected chi connectivity index (χ4v) is 1.76. The Kier molecular flexibility index (Phi) is 3.24. The summed E-state index contributed by atoms with van der Waals surface area (Å²) in [5, 5.41) is 18.5. The number of aliphatic hydroxyl groups excluding tert-OH is 2. The average Bonchev–Trinajstić information content (AvgIpc) is 2.71. The molecule has 0 spiro atoms. The lowest BCUT2D eigenvalue weighted by molar-refractivity contribution is -0.0459. The Morgan fingerprint density at radius 1 is 1.71 bits per heavy atom. The molecule has 0 bridgehead atoms. The van der Waals surface area contributed by atoms with Crippen LogP contribution in [-0.2, 0) is 4.74 Å². The van der Waals surface area contributed by atoms with Crippen LogP contribution in [0.4, 0.5) is 0 Å². The van der Waals surface area contributed by atoms with Crippen LogP contribution in [0.2, 0.25) is 0 Å². The van der Waals surface area contributed by atoms with Gasteiger partial charge >= 0.3 is 5.69 Å². The van der Waals surface area contributed by atoms with Gasteiger partial charge < -0.3 is 14.9 Å². The van der Waals surface area contributed by atoms with E-state index in [0.717, 1.165) is 0 Å². The van der Waals surface area contributed by atoms with Crippen molar-refractivity contribution in [1.82, 2.24) is 9.55 Å². The van der Waals surface area contributed by atoms with Crippen LogP contribution in [0.1, 0.15) is 18.2 Å². The summed E-state index contributed by atoms with van der Waals surface area (Å²) in [6, 6.07) is 0. The van der Waals surface area contributed by atoms with E-state index in [4.69, 9.17) is 16.3 Å². The molecule has 1 aromatic rings. The van der Waals surface area contributed by atoms with Crippen molar-refractivity contribution in [2.24, 2.45) is 0 Å². The van der Waals surface area contributed by atoms with Gasteiger partial charge in [0.05, 0.1) is 18.3 Å². The molecule has 1 aliphatic heterocycles. The number of nitrogens with zero attached hydrogens (tertiary/aromatic N) is 2. The number of hydrogen-bond acceptors (Lipinski definition) is 5. The summed E-state index contributed by atoms with van der Waals surface area (Å²) < 4.78 is 6.57. The van der Waals surface area contributed by atoms with E-state index in [1.54, 1.807) is 0 Å². The summed E-state index contributed by atoms with van der Waals surface area (Å²) in [5.41, 5.74) is -0.0464. The van der Waals surface area contributed by atoms with Crippen LogP contribution in [0.25, 0.3) is 0 Å². The van der Waals surface area contributed by atoms with Gasteiger partial charge in [-0.3, -0.25) is 4.57 Å². The van der Waals surface area contributed by atoms with Crippen LogP contribution >= 0.6 is 0 Å². The fourth-order valence-electron chi connectivity index (χ4n) is 1.76. The molecule has 2 heterocycles. The minimum atomic E-state index is -0.800. The lowest BCUT2D eigenvalue weighted by Crippen LogP contribution is -2.27. The molecule has 1 aliphatic rings. The largest absolute Gasteiger partial charge is 0.394 e. The molecule has 0 aromatic carbocycles. The third kappa shape index (κ3) is 2.22. The molecule has 90 valence electrons. The Labute approximate surface area is 97.5 Å². The highest BCUT2D eigenvalue weighted by atomic mass is 16.5. The van der Waals surface area contributed by atoms with E-state index in [2.05, 4.69) is 10.9 Å². The normalized spacial score (nSPS) is 27.9. The van der Waals surface area contributed by atoms with Crippen LogP contribution in [0.15, 0.2) is 17.2 Å². The molecular formula is C11H12N2O4. The highest BCUT2D eigenvalue weighted by molar-refractivity contribution is 5.25. The monoisotopic (exact) mass is 236 g/mol. The van der Waals surface area contributed by atoms with E-state index < -0.39 is 24.1 Å². The highest BCUT2D eigenvalue weighted by Crippen LogP contribution is 2.27. The number of rotatable bonds is 2. The first kappa shape index (κ1) is 11.8. The van der Waals surface area contributed by atoms with E-state index in [9.17, 15) is 9.90 Å². The summed E-state index contributed by atoms with van der Waals surface area (Å²) >= 11 is 0. The summed E-state index contributed by atoms with van der Waals surface area (Å²) in [4.78, 5) is 15.1. The van der Waals surface area contributed by atoms with Gasteiger partial charge in [0.25, 0.3) is 0 Å². The average molecular weight is 236 g/mol. The molecule has 2 rings (SSSR count). The van der Waals surface area contributed by atoms with Gasteiger partial charge in [0.1, 0.15) is 12.3 Å². The zero-order valence-corrected chi connectivity index (χ0v) is 8.98. The minimum Gasteiger partial charge on any atom is -0.394 e. The second kappa shape index (κ2) is 4.67. The van der Waals surface area contributed by atoms with Crippen molar-refractivity contribution in [2.75, 3.05) is 6.61 Å². The van der Waals surface area contributed by atoms with Gasteiger partial charge in [-0.1, -0.05) is 5.92 Å². The van der Waals surface area contributed by atoms with E-state index >= 15 is 0 Å². The van der Waals surface area contributed by atoms with Gasteiger partial charge in [-0.2, -0.15) is 0 Å². The highest BCUT2D eigenvalue weighted by Gasteiger charge is 2.34. The van der Waals surface area contributed by atoms with Crippen molar-refractivity contribution in [3.8, 4) is 12.3 Å². The molecule has 1 saturated heterocycles.